The number of rotatable bonds is 7. The largest absolute Gasteiger partial charge is 0.416 e. The van der Waals surface area contributed by atoms with Gasteiger partial charge in [0.25, 0.3) is 0 Å². The lowest BCUT2D eigenvalue weighted by atomic mass is 9.99. The van der Waals surface area contributed by atoms with E-state index in [9.17, 15) is 13.2 Å². The maximum Gasteiger partial charge on any atom is 0.416 e. The van der Waals surface area contributed by atoms with Crippen molar-refractivity contribution in [3.05, 3.63) is 29.3 Å². The molecule has 21 heavy (non-hydrogen) atoms. The van der Waals surface area contributed by atoms with E-state index in [1.807, 2.05) is 6.92 Å². The summed E-state index contributed by atoms with van der Waals surface area (Å²) in [4.78, 5) is 0.677. The molecule has 0 bridgehead atoms. The van der Waals surface area contributed by atoms with Crippen LogP contribution in [0.25, 0.3) is 0 Å². The average Bonchev–Trinajstić information content (AvgIpc) is 2.44. The second-order valence-corrected chi connectivity index (χ2v) is 6.61. The average molecular weight is 319 g/mol. The van der Waals surface area contributed by atoms with Gasteiger partial charge < -0.3 is 5.73 Å². The van der Waals surface area contributed by atoms with E-state index in [0.29, 0.717) is 22.8 Å². The van der Waals surface area contributed by atoms with Crippen molar-refractivity contribution in [1.29, 1.82) is 0 Å². The number of nitrogens with two attached hydrogens (primary N) is 1. The fourth-order valence-electron chi connectivity index (χ4n) is 1.87. The normalized spacial score (nSPS) is 15.0. The minimum atomic E-state index is -4.32. The Morgan fingerprint density at radius 2 is 1.86 bits per heavy atom. The Bertz CT molecular complexity index is 446. The van der Waals surface area contributed by atoms with E-state index < -0.39 is 11.7 Å². The highest BCUT2D eigenvalue weighted by atomic mass is 32.2. The molecule has 1 aromatic rings. The van der Waals surface area contributed by atoms with Gasteiger partial charge in [0.15, 0.2) is 0 Å². The first-order valence-corrected chi connectivity index (χ1v) is 8.34. The minimum Gasteiger partial charge on any atom is -0.327 e. The highest BCUT2D eigenvalue weighted by Gasteiger charge is 2.33. The maximum absolute atomic E-state index is 13.2. The van der Waals surface area contributed by atoms with Crippen LogP contribution >= 0.6 is 11.8 Å². The topological polar surface area (TPSA) is 26.0 Å². The third-order valence-electron chi connectivity index (χ3n) is 3.62. The van der Waals surface area contributed by atoms with Gasteiger partial charge in [0, 0.05) is 16.7 Å². The molecule has 0 radical (unpaired) electrons. The van der Waals surface area contributed by atoms with Gasteiger partial charge in [0.2, 0.25) is 0 Å². The maximum atomic E-state index is 13.2. The Kier molecular flexibility index (Phi) is 7.07. The van der Waals surface area contributed by atoms with Crippen molar-refractivity contribution in [2.75, 3.05) is 5.75 Å². The molecule has 2 N–H and O–H groups in total. The van der Waals surface area contributed by atoms with Gasteiger partial charge in [-0.2, -0.15) is 13.2 Å². The van der Waals surface area contributed by atoms with Crippen molar-refractivity contribution >= 4 is 11.8 Å². The van der Waals surface area contributed by atoms with Crippen LogP contribution in [-0.2, 0) is 12.6 Å². The Hall–Kier alpha value is -0.680. The van der Waals surface area contributed by atoms with Gasteiger partial charge in [-0.05, 0) is 36.5 Å². The summed E-state index contributed by atoms with van der Waals surface area (Å²) in [5, 5.41) is 0. The van der Waals surface area contributed by atoms with E-state index in [1.165, 1.54) is 17.8 Å². The minimum absolute atomic E-state index is 0.232. The molecule has 1 rings (SSSR count). The lowest BCUT2D eigenvalue weighted by Gasteiger charge is -2.17. The monoisotopic (exact) mass is 319 g/mol. The van der Waals surface area contributed by atoms with Crippen LogP contribution in [-0.4, -0.2) is 11.8 Å². The molecule has 0 saturated heterocycles. The SMILES string of the molecule is CCC(C)CSc1ccc(CC(N)CC)c(C(F)(F)F)c1. The molecule has 0 aromatic heterocycles. The van der Waals surface area contributed by atoms with Crippen LogP contribution in [0.4, 0.5) is 13.2 Å². The molecular weight excluding hydrogens is 295 g/mol. The highest BCUT2D eigenvalue weighted by molar-refractivity contribution is 7.99. The van der Waals surface area contributed by atoms with Gasteiger partial charge >= 0.3 is 6.18 Å². The van der Waals surface area contributed by atoms with Crippen molar-refractivity contribution in [3.8, 4) is 0 Å². The Morgan fingerprint density at radius 3 is 2.38 bits per heavy atom. The molecule has 1 nitrogen and oxygen atoms in total. The predicted octanol–water partition coefficient (Wildman–Crippen LogP) is 5.12. The molecule has 0 heterocycles. The van der Waals surface area contributed by atoms with Crippen LogP contribution < -0.4 is 5.73 Å². The van der Waals surface area contributed by atoms with Crippen LogP contribution in [0.2, 0.25) is 0 Å². The molecule has 5 heteroatoms. The van der Waals surface area contributed by atoms with Crippen LogP contribution in [0, 0.1) is 5.92 Å². The van der Waals surface area contributed by atoms with Gasteiger partial charge in [0.1, 0.15) is 0 Å². The van der Waals surface area contributed by atoms with Gasteiger partial charge in [0.05, 0.1) is 5.56 Å². The highest BCUT2D eigenvalue weighted by Crippen LogP contribution is 2.35. The first-order valence-electron chi connectivity index (χ1n) is 7.36. The van der Waals surface area contributed by atoms with Crippen LogP contribution in [0.3, 0.4) is 0 Å². The van der Waals surface area contributed by atoms with Crippen molar-refractivity contribution in [2.45, 2.75) is 57.1 Å². The van der Waals surface area contributed by atoms with Crippen LogP contribution in [0.15, 0.2) is 23.1 Å². The third kappa shape index (κ3) is 5.91. The summed E-state index contributed by atoms with van der Waals surface area (Å²) in [5.41, 5.74) is 5.55. The summed E-state index contributed by atoms with van der Waals surface area (Å²) in [6.45, 7) is 6.07. The quantitative estimate of drug-likeness (QED) is 0.706. The zero-order chi connectivity index (χ0) is 16.0. The molecule has 0 spiro atoms. The van der Waals surface area contributed by atoms with E-state index >= 15 is 0 Å². The predicted molar refractivity (Wildman–Crippen MR) is 83.6 cm³/mol. The molecule has 0 aliphatic carbocycles. The number of thioether (sulfide) groups is 1. The van der Waals surface area contributed by atoms with Crippen LogP contribution in [0.5, 0.6) is 0 Å². The first kappa shape index (κ1) is 18.4. The number of benzene rings is 1. The molecule has 1 aromatic carbocycles. The summed E-state index contributed by atoms with van der Waals surface area (Å²) in [6, 6.07) is 4.40. The van der Waals surface area contributed by atoms with Gasteiger partial charge in [-0.15, -0.1) is 11.8 Å². The second kappa shape index (κ2) is 8.08. The van der Waals surface area contributed by atoms with E-state index in [1.54, 1.807) is 12.1 Å². The lowest BCUT2D eigenvalue weighted by molar-refractivity contribution is -0.138. The standard InChI is InChI=1S/C16H24F3NS/c1-4-11(3)10-21-14-7-6-12(8-13(20)5-2)15(9-14)16(17,18)19/h6-7,9,11,13H,4-5,8,10,20H2,1-3H3. The second-order valence-electron chi connectivity index (χ2n) is 5.51. The molecule has 0 aliphatic heterocycles. The molecule has 0 amide bonds. The third-order valence-corrected chi connectivity index (χ3v) is 4.95. The molecule has 0 aliphatic rings. The van der Waals surface area contributed by atoms with E-state index in [2.05, 4.69) is 13.8 Å². The van der Waals surface area contributed by atoms with Crippen molar-refractivity contribution in [3.63, 3.8) is 0 Å². The van der Waals surface area contributed by atoms with Gasteiger partial charge in [-0.25, -0.2) is 0 Å². The first-order chi connectivity index (χ1) is 9.77. The van der Waals surface area contributed by atoms with Crippen molar-refractivity contribution in [2.24, 2.45) is 11.7 Å². The Labute approximate surface area is 129 Å². The number of alkyl halides is 3. The lowest BCUT2D eigenvalue weighted by Crippen LogP contribution is -2.23. The van der Waals surface area contributed by atoms with E-state index in [4.69, 9.17) is 5.73 Å². The molecule has 120 valence electrons. The molecular formula is C16H24F3NS. The molecule has 2 atom stereocenters. The van der Waals surface area contributed by atoms with Crippen LogP contribution in [0.1, 0.15) is 44.7 Å². The van der Waals surface area contributed by atoms with Gasteiger partial charge in [-0.3, -0.25) is 0 Å². The number of halogens is 3. The summed E-state index contributed by atoms with van der Waals surface area (Å²) in [5.74, 6) is 1.33. The smallest absolute Gasteiger partial charge is 0.327 e. The molecule has 0 fully saturated rings. The zero-order valence-electron chi connectivity index (χ0n) is 12.8. The number of hydrogen-bond donors (Lipinski definition) is 1. The zero-order valence-corrected chi connectivity index (χ0v) is 13.7. The van der Waals surface area contributed by atoms with E-state index in [-0.39, 0.29) is 12.5 Å². The van der Waals surface area contributed by atoms with E-state index in [0.717, 1.165) is 12.2 Å². The van der Waals surface area contributed by atoms with Crippen molar-refractivity contribution in [1.82, 2.24) is 0 Å². The summed E-state index contributed by atoms with van der Waals surface area (Å²) in [6.07, 6.45) is -2.36. The summed E-state index contributed by atoms with van der Waals surface area (Å²) >= 11 is 1.49. The Morgan fingerprint density at radius 1 is 1.19 bits per heavy atom. The Balaban J connectivity index is 2.96. The molecule has 2 unspecified atom stereocenters. The fourth-order valence-corrected chi connectivity index (χ4v) is 2.95. The van der Waals surface area contributed by atoms with Gasteiger partial charge in [-0.1, -0.05) is 33.3 Å². The molecule has 0 saturated carbocycles. The number of hydrogen-bond acceptors (Lipinski definition) is 2. The summed E-state index contributed by atoms with van der Waals surface area (Å²) in [7, 11) is 0. The summed E-state index contributed by atoms with van der Waals surface area (Å²) < 4.78 is 39.6. The fraction of sp³-hybridized carbons (Fsp3) is 0.625. The van der Waals surface area contributed by atoms with Crippen molar-refractivity contribution < 1.29 is 13.2 Å².